The predicted molar refractivity (Wildman–Crippen MR) is 30.6 cm³/mol. The quantitative estimate of drug-likeness (QED) is 0.287. The van der Waals surface area contributed by atoms with E-state index in [0.29, 0.717) is 0 Å². The highest BCUT2D eigenvalue weighted by Crippen LogP contribution is 1.65. The second-order valence-electron chi connectivity index (χ2n) is 1.38. The van der Waals surface area contributed by atoms with Gasteiger partial charge in [-0.05, 0) is 20.9 Å². The molecule has 0 heterocycles. The van der Waals surface area contributed by atoms with Gasteiger partial charge in [0.2, 0.25) is 0 Å². The first-order chi connectivity index (χ1) is 3.15. The summed E-state index contributed by atoms with van der Waals surface area (Å²) in [7, 11) is 1.65. The Morgan fingerprint density at radius 2 is 1.57 bits per heavy atom. The van der Waals surface area contributed by atoms with Crippen LogP contribution in [0.15, 0.2) is 0 Å². The van der Waals surface area contributed by atoms with Crippen molar-refractivity contribution in [2.45, 2.75) is 20.0 Å². The Bertz CT molecular complexity index is 20.9. The van der Waals surface area contributed by atoms with Crippen molar-refractivity contribution in [1.29, 1.82) is 0 Å². The molecule has 0 unspecified atom stereocenters. The van der Waals surface area contributed by atoms with Gasteiger partial charge < -0.3 is 5.11 Å². The van der Waals surface area contributed by atoms with E-state index < -0.39 is 0 Å². The van der Waals surface area contributed by atoms with Gasteiger partial charge in [-0.2, -0.15) is 0 Å². The summed E-state index contributed by atoms with van der Waals surface area (Å²) in [5.74, 6) is 4.60. The molecule has 0 rings (SSSR count). The van der Waals surface area contributed by atoms with E-state index in [1.54, 1.807) is 20.9 Å². The van der Waals surface area contributed by atoms with Crippen molar-refractivity contribution in [1.82, 2.24) is 5.43 Å². The molecular formula is C4H14N2O. The number of rotatable bonds is 0. The molecule has 0 saturated heterocycles. The Labute approximate surface area is 44.5 Å². The number of hydrazine groups is 1. The fraction of sp³-hybridized carbons (Fsp3) is 1.00. The van der Waals surface area contributed by atoms with Gasteiger partial charge in [0.1, 0.15) is 0 Å². The molecule has 0 aromatic carbocycles. The summed E-state index contributed by atoms with van der Waals surface area (Å²) >= 11 is 0. The minimum atomic E-state index is -0.167. The fourth-order valence-corrected chi connectivity index (χ4v) is 0. The van der Waals surface area contributed by atoms with E-state index in [2.05, 4.69) is 11.3 Å². The van der Waals surface area contributed by atoms with Crippen LogP contribution < -0.4 is 11.3 Å². The molecule has 0 atom stereocenters. The van der Waals surface area contributed by atoms with Crippen molar-refractivity contribution in [3.05, 3.63) is 0 Å². The lowest BCUT2D eigenvalue weighted by Gasteiger charge is -1.80. The molecule has 4 N–H and O–H groups in total. The number of aliphatic hydroxyl groups is 1. The number of hydrogen-bond donors (Lipinski definition) is 3. The molecule has 0 fully saturated rings. The van der Waals surface area contributed by atoms with Gasteiger partial charge in [-0.25, -0.2) is 0 Å². The molecule has 0 amide bonds. The van der Waals surface area contributed by atoms with Crippen LogP contribution in [0.4, 0.5) is 0 Å². The van der Waals surface area contributed by atoms with Crippen LogP contribution in [0.1, 0.15) is 13.8 Å². The van der Waals surface area contributed by atoms with Gasteiger partial charge in [0.05, 0.1) is 0 Å². The summed E-state index contributed by atoms with van der Waals surface area (Å²) in [5, 5.41) is 8.06. The minimum Gasteiger partial charge on any atom is -0.394 e. The summed E-state index contributed by atoms with van der Waals surface area (Å²) in [6.45, 7) is 3.44. The lowest BCUT2D eigenvalue weighted by atomic mass is 10.5. The van der Waals surface area contributed by atoms with Crippen LogP contribution in [0, 0.1) is 0 Å². The van der Waals surface area contributed by atoms with Crippen molar-refractivity contribution < 1.29 is 5.11 Å². The fourth-order valence-electron chi connectivity index (χ4n) is 0. The number of nitrogens with two attached hydrogens (primary N) is 1. The van der Waals surface area contributed by atoms with E-state index in [-0.39, 0.29) is 6.10 Å². The summed E-state index contributed by atoms with van der Waals surface area (Å²) in [4.78, 5) is 0. The van der Waals surface area contributed by atoms with Gasteiger partial charge in [-0.1, -0.05) is 0 Å². The number of nitrogens with one attached hydrogen (secondary N) is 1. The van der Waals surface area contributed by atoms with E-state index in [4.69, 9.17) is 5.11 Å². The molecule has 0 aliphatic rings. The van der Waals surface area contributed by atoms with E-state index in [1.165, 1.54) is 0 Å². The van der Waals surface area contributed by atoms with Crippen LogP contribution in [-0.4, -0.2) is 18.3 Å². The largest absolute Gasteiger partial charge is 0.394 e. The zero-order valence-electron chi connectivity index (χ0n) is 5.10. The number of hydrogen-bond acceptors (Lipinski definition) is 3. The van der Waals surface area contributed by atoms with Crippen molar-refractivity contribution in [3.63, 3.8) is 0 Å². The second-order valence-corrected chi connectivity index (χ2v) is 1.38. The molecule has 0 radical (unpaired) electrons. The standard InChI is InChI=1S/C3H8O.CH6N2/c1-3(2)4;1-3-2/h3-4H,1-2H3;3H,2H2,1H3. The third-order valence-corrected chi connectivity index (χ3v) is 0. The molecule has 3 nitrogen and oxygen atoms in total. The van der Waals surface area contributed by atoms with Crippen LogP contribution in [0.5, 0.6) is 0 Å². The second kappa shape index (κ2) is 9.30. The van der Waals surface area contributed by atoms with Crippen LogP contribution in [0.2, 0.25) is 0 Å². The minimum absolute atomic E-state index is 0.167. The zero-order valence-corrected chi connectivity index (χ0v) is 5.10. The molecule has 0 aromatic heterocycles. The topological polar surface area (TPSA) is 58.3 Å². The van der Waals surface area contributed by atoms with Gasteiger partial charge in [-0.3, -0.25) is 11.3 Å². The smallest absolute Gasteiger partial charge is 0.0483 e. The van der Waals surface area contributed by atoms with Crippen molar-refractivity contribution in [3.8, 4) is 0 Å². The molecule has 3 heteroatoms. The highest BCUT2D eigenvalue weighted by Gasteiger charge is 1.69. The van der Waals surface area contributed by atoms with Gasteiger partial charge in [0.25, 0.3) is 0 Å². The average Bonchev–Trinajstić information content (AvgIpc) is 1.33. The van der Waals surface area contributed by atoms with Crippen LogP contribution in [0.3, 0.4) is 0 Å². The van der Waals surface area contributed by atoms with Gasteiger partial charge in [0, 0.05) is 6.10 Å². The van der Waals surface area contributed by atoms with Crippen molar-refractivity contribution in [2.75, 3.05) is 7.05 Å². The lowest BCUT2D eigenvalue weighted by molar-refractivity contribution is 0.216. The first-order valence-corrected chi connectivity index (χ1v) is 2.20. The Kier molecular flexibility index (Phi) is 13.3. The molecular weight excluding hydrogens is 92.1 g/mol. The Balaban J connectivity index is 0. The highest BCUT2D eigenvalue weighted by atomic mass is 16.3. The Morgan fingerprint density at radius 1 is 1.57 bits per heavy atom. The van der Waals surface area contributed by atoms with E-state index in [9.17, 15) is 0 Å². The van der Waals surface area contributed by atoms with Crippen LogP contribution in [0.25, 0.3) is 0 Å². The highest BCUT2D eigenvalue weighted by molar-refractivity contribution is 4.20. The maximum atomic E-state index is 8.06. The predicted octanol–water partition coefficient (Wildman–Crippen LogP) is -0.533. The molecule has 0 aliphatic heterocycles. The lowest BCUT2D eigenvalue weighted by Crippen LogP contribution is -2.13. The van der Waals surface area contributed by atoms with E-state index >= 15 is 0 Å². The van der Waals surface area contributed by atoms with Gasteiger partial charge >= 0.3 is 0 Å². The maximum Gasteiger partial charge on any atom is 0.0483 e. The van der Waals surface area contributed by atoms with Crippen LogP contribution >= 0.6 is 0 Å². The first-order valence-electron chi connectivity index (χ1n) is 2.20. The van der Waals surface area contributed by atoms with Crippen molar-refractivity contribution >= 4 is 0 Å². The van der Waals surface area contributed by atoms with Crippen molar-refractivity contribution in [2.24, 2.45) is 5.84 Å². The summed E-state index contributed by atoms with van der Waals surface area (Å²) in [6.07, 6.45) is -0.167. The van der Waals surface area contributed by atoms with Gasteiger partial charge in [-0.15, -0.1) is 0 Å². The summed E-state index contributed by atoms with van der Waals surface area (Å²) in [5.41, 5.74) is 2.25. The van der Waals surface area contributed by atoms with Crippen LogP contribution in [-0.2, 0) is 0 Å². The third-order valence-electron chi connectivity index (χ3n) is 0. The molecule has 7 heavy (non-hydrogen) atoms. The monoisotopic (exact) mass is 106 g/mol. The molecule has 0 bridgehead atoms. The Hall–Kier alpha value is -0.120. The van der Waals surface area contributed by atoms with Gasteiger partial charge in [0.15, 0.2) is 0 Å². The summed E-state index contributed by atoms with van der Waals surface area (Å²) in [6, 6.07) is 0. The molecule has 46 valence electrons. The average molecular weight is 106 g/mol. The molecule has 0 aliphatic carbocycles. The normalized spacial score (nSPS) is 7.71. The maximum absolute atomic E-state index is 8.06. The third kappa shape index (κ3) is 6150. The number of aliphatic hydroxyl groups excluding tert-OH is 1. The SMILES string of the molecule is CC(C)O.CNN. The van der Waals surface area contributed by atoms with E-state index in [1.807, 2.05) is 0 Å². The molecule has 0 spiro atoms. The first kappa shape index (κ1) is 9.99. The molecule has 0 saturated carbocycles. The van der Waals surface area contributed by atoms with E-state index in [0.717, 1.165) is 0 Å². The Morgan fingerprint density at radius 3 is 1.57 bits per heavy atom. The summed E-state index contributed by atoms with van der Waals surface area (Å²) < 4.78 is 0. The molecule has 0 aromatic rings. The zero-order chi connectivity index (χ0) is 6.28.